The van der Waals surface area contributed by atoms with Crippen LogP contribution in [0.5, 0.6) is 0 Å². The molecule has 0 aromatic carbocycles. The van der Waals surface area contributed by atoms with Crippen LogP contribution in [0.15, 0.2) is 0 Å². The van der Waals surface area contributed by atoms with Crippen LogP contribution in [0.4, 0.5) is 0 Å². The van der Waals surface area contributed by atoms with Gasteiger partial charge < -0.3 is 10.1 Å². The Hall–Kier alpha value is -0.0800. The molecule has 4 fully saturated rings. The maximum atomic E-state index is 5.57. The summed E-state index contributed by atoms with van der Waals surface area (Å²) < 4.78 is 5.57. The van der Waals surface area contributed by atoms with E-state index in [0.29, 0.717) is 10.8 Å². The van der Waals surface area contributed by atoms with Crippen LogP contribution in [0.25, 0.3) is 0 Å². The lowest BCUT2D eigenvalue weighted by molar-refractivity contribution is 0.105. The highest BCUT2D eigenvalue weighted by molar-refractivity contribution is 5.10. The van der Waals surface area contributed by atoms with Gasteiger partial charge in [0.2, 0.25) is 0 Å². The number of rotatable bonds is 5. The summed E-state index contributed by atoms with van der Waals surface area (Å²) in [6.07, 6.45) is 2.81. The van der Waals surface area contributed by atoms with Crippen molar-refractivity contribution in [3.05, 3.63) is 0 Å². The summed E-state index contributed by atoms with van der Waals surface area (Å²) in [5.74, 6) is 5.76. The first-order chi connectivity index (χ1) is 9.42. The summed E-state index contributed by atoms with van der Waals surface area (Å²) in [4.78, 5) is 0. The summed E-state index contributed by atoms with van der Waals surface area (Å²) in [6, 6.07) is 0. The lowest BCUT2D eigenvalue weighted by atomic mass is 9.72. The summed E-state index contributed by atoms with van der Waals surface area (Å²) in [7, 11) is 0. The molecule has 0 aromatic heterocycles. The van der Waals surface area contributed by atoms with Gasteiger partial charge in [0.1, 0.15) is 0 Å². The summed E-state index contributed by atoms with van der Waals surface area (Å²) in [6.45, 7) is 14.7. The molecule has 2 nitrogen and oxygen atoms in total. The fourth-order valence-electron chi connectivity index (χ4n) is 5.95. The monoisotopic (exact) mass is 277 g/mol. The van der Waals surface area contributed by atoms with E-state index in [-0.39, 0.29) is 0 Å². The van der Waals surface area contributed by atoms with E-state index in [0.717, 1.165) is 48.7 Å². The summed E-state index contributed by atoms with van der Waals surface area (Å²) in [5.41, 5.74) is 1.08. The zero-order valence-corrected chi connectivity index (χ0v) is 13.6. The molecule has 4 aliphatic rings. The lowest BCUT2D eigenvalue weighted by Gasteiger charge is -2.34. The third-order valence-electron chi connectivity index (χ3n) is 7.26. The third-order valence-corrected chi connectivity index (χ3v) is 7.26. The molecule has 4 unspecified atom stereocenters. The van der Waals surface area contributed by atoms with Crippen LogP contribution in [0, 0.1) is 46.3 Å². The molecule has 2 heteroatoms. The first kappa shape index (κ1) is 13.6. The van der Waals surface area contributed by atoms with E-state index in [4.69, 9.17) is 4.74 Å². The van der Waals surface area contributed by atoms with Gasteiger partial charge in [0.05, 0.1) is 13.2 Å². The van der Waals surface area contributed by atoms with Crippen LogP contribution >= 0.6 is 0 Å². The number of piperidine rings is 1. The second-order valence-electron chi connectivity index (χ2n) is 9.38. The van der Waals surface area contributed by atoms with E-state index < -0.39 is 0 Å². The third kappa shape index (κ3) is 1.98. The van der Waals surface area contributed by atoms with Crippen molar-refractivity contribution in [2.24, 2.45) is 46.3 Å². The van der Waals surface area contributed by atoms with E-state index in [1.54, 1.807) is 0 Å². The van der Waals surface area contributed by atoms with Gasteiger partial charge in [0.25, 0.3) is 0 Å². The highest BCUT2D eigenvalue weighted by Crippen LogP contribution is 2.63. The van der Waals surface area contributed by atoms with Gasteiger partial charge in [-0.2, -0.15) is 0 Å². The Morgan fingerprint density at radius 2 is 1.25 bits per heavy atom. The van der Waals surface area contributed by atoms with E-state index in [1.807, 2.05) is 0 Å². The average Bonchev–Trinajstić information content (AvgIpc) is 3.13. The van der Waals surface area contributed by atoms with Gasteiger partial charge in [-0.05, 0) is 72.3 Å². The molecule has 0 bridgehead atoms. The maximum Gasteiger partial charge on any atom is 0.0501 e. The number of hydrogen-bond donors (Lipinski definition) is 1. The molecule has 0 amide bonds. The minimum Gasteiger partial charge on any atom is -0.381 e. The minimum atomic E-state index is 0.526. The Morgan fingerprint density at radius 3 is 1.75 bits per heavy atom. The highest BCUT2D eigenvalue weighted by atomic mass is 16.5. The summed E-state index contributed by atoms with van der Waals surface area (Å²) >= 11 is 0. The molecule has 2 aliphatic carbocycles. The number of hydrogen-bond acceptors (Lipinski definition) is 2. The standard InChI is InChI=1S/C18H31NO/c1-17(2,15-11-7-19-8-12(11)15)5-6-18(3,4)16-13-9-20-10-14(13)16/h11-16,19H,5-10H2,1-4H3. The van der Waals surface area contributed by atoms with E-state index in [2.05, 4.69) is 33.0 Å². The van der Waals surface area contributed by atoms with Crippen molar-refractivity contribution in [2.45, 2.75) is 40.5 Å². The van der Waals surface area contributed by atoms with E-state index >= 15 is 0 Å². The van der Waals surface area contributed by atoms with Gasteiger partial charge in [-0.25, -0.2) is 0 Å². The molecule has 2 saturated carbocycles. The van der Waals surface area contributed by atoms with Crippen LogP contribution in [0.2, 0.25) is 0 Å². The molecule has 0 aromatic rings. The quantitative estimate of drug-likeness (QED) is 0.833. The molecular formula is C18H31NO. The van der Waals surface area contributed by atoms with Crippen LogP contribution < -0.4 is 5.32 Å². The van der Waals surface area contributed by atoms with Gasteiger partial charge in [-0.15, -0.1) is 0 Å². The Kier molecular flexibility index (Phi) is 2.87. The molecule has 20 heavy (non-hydrogen) atoms. The van der Waals surface area contributed by atoms with Crippen molar-refractivity contribution in [1.82, 2.24) is 5.32 Å². The Labute approximate surface area is 124 Å². The zero-order valence-electron chi connectivity index (χ0n) is 13.6. The first-order valence-corrected chi connectivity index (χ1v) is 8.70. The van der Waals surface area contributed by atoms with Crippen LogP contribution in [-0.4, -0.2) is 26.3 Å². The molecule has 4 atom stereocenters. The Balaban J connectivity index is 1.33. The average molecular weight is 277 g/mol. The van der Waals surface area contributed by atoms with E-state index in [9.17, 15) is 0 Å². The van der Waals surface area contributed by atoms with Crippen LogP contribution in [-0.2, 0) is 4.74 Å². The fraction of sp³-hybridized carbons (Fsp3) is 1.00. The molecule has 2 aliphatic heterocycles. The number of fused-ring (bicyclic) bond motifs is 2. The van der Waals surface area contributed by atoms with Gasteiger partial charge in [-0.1, -0.05) is 27.7 Å². The number of nitrogens with one attached hydrogen (secondary N) is 1. The van der Waals surface area contributed by atoms with Crippen molar-refractivity contribution in [3.8, 4) is 0 Å². The summed E-state index contributed by atoms with van der Waals surface area (Å²) in [5, 5.41) is 3.54. The molecule has 0 radical (unpaired) electrons. The van der Waals surface area contributed by atoms with Gasteiger partial charge >= 0.3 is 0 Å². The fourth-order valence-corrected chi connectivity index (χ4v) is 5.95. The topological polar surface area (TPSA) is 21.3 Å². The largest absolute Gasteiger partial charge is 0.381 e. The molecule has 0 spiro atoms. The molecule has 4 rings (SSSR count). The molecular weight excluding hydrogens is 246 g/mol. The SMILES string of the molecule is CC(C)(CCC(C)(C)C1C2COCC21)C1C2CNCC21. The van der Waals surface area contributed by atoms with Crippen LogP contribution in [0.1, 0.15) is 40.5 Å². The Bertz CT molecular complexity index is 344. The van der Waals surface area contributed by atoms with Crippen molar-refractivity contribution in [3.63, 3.8) is 0 Å². The first-order valence-electron chi connectivity index (χ1n) is 8.70. The lowest BCUT2D eigenvalue weighted by Crippen LogP contribution is -2.27. The van der Waals surface area contributed by atoms with Gasteiger partial charge in [0, 0.05) is 0 Å². The van der Waals surface area contributed by atoms with E-state index in [1.165, 1.54) is 25.9 Å². The second kappa shape index (κ2) is 4.23. The normalized spacial score (nSPS) is 46.2. The minimum absolute atomic E-state index is 0.526. The maximum absolute atomic E-state index is 5.57. The number of ether oxygens (including phenoxy) is 1. The molecule has 2 saturated heterocycles. The zero-order chi connectivity index (χ0) is 14.1. The van der Waals surface area contributed by atoms with Gasteiger partial charge in [-0.3, -0.25) is 0 Å². The smallest absolute Gasteiger partial charge is 0.0501 e. The predicted molar refractivity (Wildman–Crippen MR) is 81.4 cm³/mol. The van der Waals surface area contributed by atoms with Crippen LogP contribution in [0.3, 0.4) is 0 Å². The Morgan fingerprint density at radius 1 is 0.800 bits per heavy atom. The van der Waals surface area contributed by atoms with Crippen molar-refractivity contribution >= 4 is 0 Å². The molecule has 1 N–H and O–H groups in total. The van der Waals surface area contributed by atoms with Crippen molar-refractivity contribution < 1.29 is 4.74 Å². The van der Waals surface area contributed by atoms with Gasteiger partial charge in [0.15, 0.2) is 0 Å². The van der Waals surface area contributed by atoms with Crippen molar-refractivity contribution in [2.75, 3.05) is 26.3 Å². The molecule has 114 valence electrons. The highest BCUT2D eigenvalue weighted by Gasteiger charge is 2.61. The second-order valence-corrected chi connectivity index (χ2v) is 9.38. The molecule has 2 heterocycles. The van der Waals surface area contributed by atoms with Crippen molar-refractivity contribution in [1.29, 1.82) is 0 Å². The predicted octanol–water partition coefficient (Wildman–Crippen LogP) is 3.18.